The van der Waals surface area contributed by atoms with Crippen molar-refractivity contribution in [2.45, 2.75) is 44.7 Å². The molecule has 1 aliphatic heterocycles. The summed E-state index contributed by atoms with van der Waals surface area (Å²) in [5.74, 6) is -2.40. The number of hydrogen-bond donors (Lipinski definition) is 1. The molecule has 0 aromatic rings. The van der Waals surface area contributed by atoms with Gasteiger partial charge in [0.15, 0.2) is 0 Å². The van der Waals surface area contributed by atoms with Gasteiger partial charge in [-0.05, 0) is 38.1 Å². The van der Waals surface area contributed by atoms with E-state index in [9.17, 15) is 18.0 Å². The minimum atomic E-state index is -4.26. The number of halogens is 4. The molecule has 21 heavy (non-hydrogen) atoms. The predicted octanol–water partition coefficient (Wildman–Crippen LogP) is 2.97. The molecule has 0 aromatic carbocycles. The smallest absolute Gasteiger partial charge is 0.342 e. The lowest BCUT2D eigenvalue weighted by atomic mass is 9.77. The standard InChI is InChI=1S/C14H23F3N2O.ClH/c15-14(16,17)12-6-2-1-5-11(12)13(20)19-7-3-4-10(8-18)9-19;/h10-12H,1-9,18H2;1H. The molecule has 0 radical (unpaired) electrons. The molecule has 124 valence electrons. The Kier molecular flexibility index (Phi) is 6.78. The van der Waals surface area contributed by atoms with E-state index in [1.807, 2.05) is 0 Å². The lowest BCUT2D eigenvalue weighted by Gasteiger charge is -2.38. The van der Waals surface area contributed by atoms with Crippen molar-refractivity contribution in [3.05, 3.63) is 0 Å². The third-order valence-corrected chi connectivity index (χ3v) is 4.67. The van der Waals surface area contributed by atoms with Gasteiger partial charge in [-0.3, -0.25) is 4.79 Å². The Morgan fingerprint density at radius 3 is 2.43 bits per heavy atom. The molecular weight excluding hydrogens is 305 g/mol. The number of hydrogen-bond acceptors (Lipinski definition) is 2. The van der Waals surface area contributed by atoms with Gasteiger partial charge in [0.1, 0.15) is 0 Å². The Labute approximate surface area is 129 Å². The highest BCUT2D eigenvalue weighted by Gasteiger charge is 2.49. The van der Waals surface area contributed by atoms with E-state index in [0.717, 1.165) is 19.3 Å². The van der Waals surface area contributed by atoms with Crippen molar-refractivity contribution in [3.63, 3.8) is 0 Å². The van der Waals surface area contributed by atoms with Crippen LogP contribution in [0.15, 0.2) is 0 Å². The summed E-state index contributed by atoms with van der Waals surface area (Å²) in [6, 6.07) is 0. The van der Waals surface area contributed by atoms with Crippen LogP contribution in [0.4, 0.5) is 13.2 Å². The minimum Gasteiger partial charge on any atom is -0.342 e. The lowest BCUT2D eigenvalue weighted by Crippen LogP contribution is -2.48. The van der Waals surface area contributed by atoms with Crippen LogP contribution >= 0.6 is 12.4 Å². The van der Waals surface area contributed by atoms with Gasteiger partial charge in [-0.15, -0.1) is 12.4 Å². The van der Waals surface area contributed by atoms with Crippen LogP contribution in [0.5, 0.6) is 0 Å². The van der Waals surface area contributed by atoms with Crippen LogP contribution in [0.1, 0.15) is 38.5 Å². The number of carbonyl (C=O) groups excluding carboxylic acids is 1. The Bertz CT molecular complexity index is 352. The van der Waals surface area contributed by atoms with E-state index in [1.54, 1.807) is 4.90 Å². The number of nitrogens with zero attached hydrogens (tertiary/aromatic N) is 1. The maximum atomic E-state index is 13.1. The summed E-state index contributed by atoms with van der Waals surface area (Å²) in [7, 11) is 0. The molecule has 2 aliphatic rings. The van der Waals surface area contributed by atoms with Crippen LogP contribution in [0.25, 0.3) is 0 Å². The third kappa shape index (κ3) is 4.49. The van der Waals surface area contributed by atoms with Crippen molar-refractivity contribution < 1.29 is 18.0 Å². The van der Waals surface area contributed by atoms with Crippen molar-refractivity contribution in [1.82, 2.24) is 4.90 Å². The molecule has 1 heterocycles. The first-order chi connectivity index (χ1) is 9.43. The highest BCUT2D eigenvalue weighted by Crippen LogP contribution is 2.42. The zero-order valence-electron chi connectivity index (χ0n) is 12.1. The highest BCUT2D eigenvalue weighted by atomic mass is 35.5. The molecule has 3 atom stereocenters. The minimum absolute atomic E-state index is 0. The SMILES string of the molecule is Cl.NCC1CCCN(C(=O)C2CCCCC2C(F)(F)F)C1. The van der Waals surface area contributed by atoms with E-state index in [2.05, 4.69) is 0 Å². The first-order valence-electron chi connectivity index (χ1n) is 7.49. The summed E-state index contributed by atoms with van der Waals surface area (Å²) in [5, 5.41) is 0. The summed E-state index contributed by atoms with van der Waals surface area (Å²) in [4.78, 5) is 14.1. The van der Waals surface area contributed by atoms with Gasteiger partial charge in [0.25, 0.3) is 0 Å². The number of piperidine rings is 1. The van der Waals surface area contributed by atoms with E-state index in [0.29, 0.717) is 32.5 Å². The largest absolute Gasteiger partial charge is 0.392 e. The van der Waals surface area contributed by atoms with Crippen molar-refractivity contribution >= 4 is 18.3 Å². The van der Waals surface area contributed by atoms with Crippen molar-refractivity contribution in [1.29, 1.82) is 0 Å². The third-order valence-electron chi connectivity index (χ3n) is 4.67. The van der Waals surface area contributed by atoms with Crippen molar-refractivity contribution in [3.8, 4) is 0 Å². The summed E-state index contributed by atoms with van der Waals surface area (Å²) < 4.78 is 39.2. The fourth-order valence-electron chi connectivity index (χ4n) is 3.51. The molecule has 2 N–H and O–H groups in total. The number of amides is 1. The fourth-order valence-corrected chi connectivity index (χ4v) is 3.51. The zero-order chi connectivity index (χ0) is 14.8. The second-order valence-electron chi connectivity index (χ2n) is 6.07. The van der Waals surface area contributed by atoms with E-state index < -0.39 is 18.0 Å². The number of likely N-dealkylation sites (tertiary alicyclic amines) is 1. The van der Waals surface area contributed by atoms with Gasteiger partial charge in [0.05, 0.1) is 5.92 Å². The summed E-state index contributed by atoms with van der Waals surface area (Å²) >= 11 is 0. The molecule has 1 amide bonds. The Balaban J connectivity index is 0.00000220. The monoisotopic (exact) mass is 328 g/mol. The predicted molar refractivity (Wildman–Crippen MR) is 77.1 cm³/mol. The normalized spacial score (nSPS) is 30.7. The Hall–Kier alpha value is -0.490. The summed E-state index contributed by atoms with van der Waals surface area (Å²) in [6.07, 6.45) is -0.703. The number of carbonyl (C=O) groups is 1. The van der Waals surface area contributed by atoms with Crippen LogP contribution in [-0.4, -0.2) is 36.6 Å². The quantitative estimate of drug-likeness (QED) is 0.847. The van der Waals surface area contributed by atoms with Crippen LogP contribution in [0, 0.1) is 17.8 Å². The molecule has 3 nitrogen and oxygen atoms in total. The van der Waals surface area contributed by atoms with E-state index in [1.165, 1.54) is 0 Å². The molecule has 2 fully saturated rings. The molecule has 1 saturated carbocycles. The van der Waals surface area contributed by atoms with Gasteiger partial charge in [0.2, 0.25) is 5.91 Å². The number of alkyl halides is 3. The van der Waals surface area contributed by atoms with Crippen molar-refractivity contribution in [2.24, 2.45) is 23.5 Å². The molecule has 0 spiro atoms. The van der Waals surface area contributed by atoms with E-state index >= 15 is 0 Å². The molecule has 7 heteroatoms. The van der Waals surface area contributed by atoms with Crippen LogP contribution < -0.4 is 5.73 Å². The summed E-state index contributed by atoms with van der Waals surface area (Å²) in [5.41, 5.74) is 5.62. The van der Waals surface area contributed by atoms with Crippen LogP contribution in [-0.2, 0) is 4.79 Å². The van der Waals surface area contributed by atoms with Gasteiger partial charge in [0, 0.05) is 19.0 Å². The second kappa shape index (κ2) is 7.68. The molecule has 0 bridgehead atoms. The zero-order valence-corrected chi connectivity index (χ0v) is 12.9. The molecule has 3 unspecified atom stereocenters. The van der Waals surface area contributed by atoms with Crippen molar-refractivity contribution in [2.75, 3.05) is 19.6 Å². The second-order valence-corrected chi connectivity index (χ2v) is 6.07. The molecule has 2 rings (SSSR count). The highest BCUT2D eigenvalue weighted by molar-refractivity contribution is 5.85. The first kappa shape index (κ1) is 18.6. The molecular formula is C14H24ClF3N2O. The van der Waals surface area contributed by atoms with E-state index in [4.69, 9.17) is 5.73 Å². The molecule has 1 aliphatic carbocycles. The average Bonchev–Trinajstić information content (AvgIpc) is 2.45. The van der Waals surface area contributed by atoms with E-state index in [-0.39, 0.29) is 30.7 Å². The van der Waals surface area contributed by atoms with Gasteiger partial charge in [-0.1, -0.05) is 12.8 Å². The molecule has 0 aromatic heterocycles. The van der Waals surface area contributed by atoms with Gasteiger partial charge >= 0.3 is 6.18 Å². The van der Waals surface area contributed by atoms with Crippen LogP contribution in [0.2, 0.25) is 0 Å². The van der Waals surface area contributed by atoms with Gasteiger partial charge in [-0.2, -0.15) is 13.2 Å². The summed E-state index contributed by atoms with van der Waals surface area (Å²) in [6.45, 7) is 1.60. The Morgan fingerprint density at radius 2 is 1.81 bits per heavy atom. The van der Waals surface area contributed by atoms with Gasteiger partial charge < -0.3 is 10.6 Å². The maximum absolute atomic E-state index is 13.1. The van der Waals surface area contributed by atoms with Crippen LogP contribution in [0.3, 0.4) is 0 Å². The maximum Gasteiger partial charge on any atom is 0.392 e. The Morgan fingerprint density at radius 1 is 1.14 bits per heavy atom. The number of rotatable bonds is 2. The fraction of sp³-hybridized carbons (Fsp3) is 0.929. The lowest BCUT2D eigenvalue weighted by molar-refractivity contribution is -0.201. The first-order valence-corrected chi connectivity index (χ1v) is 7.49. The number of nitrogens with two attached hydrogens (primary N) is 1. The van der Waals surface area contributed by atoms with Gasteiger partial charge in [-0.25, -0.2) is 0 Å². The average molecular weight is 329 g/mol. The molecule has 1 saturated heterocycles. The topological polar surface area (TPSA) is 46.3 Å².